The monoisotopic (exact) mass is 561 g/mol. The summed E-state index contributed by atoms with van der Waals surface area (Å²) in [6.45, 7) is 1.91. The molecule has 0 amide bonds. The molecule has 0 radical (unpaired) electrons. The number of benzene rings is 3. The molecule has 1 heterocycles. The average molecular weight is 562 g/mol. The minimum atomic E-state index is -0.743. The maximum Gasteiger partial charge on any atom is 0.315 e. The average Bonchev–Trinajstić information content (AvgIpc) is 3.14. The van der Waals surface area contributed by atoms with Gasteiger partial charge >= 0.3 is 5.69 Å². The predicted molar refractivity (Wildman–Crippen MR) is 152 cm³/mol. The number of nitro groups is 1. The minimum absolute atomic E-state index is 0.0234. The van der Waals surface area contributed by atoms with Crippen molar-refractivity contribution in [3.8, 4) is 28.7 Å². The number of hydrogen-bond donors (Lipinski definition) is 3. The van der Waals surface area contributed by atoms with Gasteiger partial charge in [0, 0.05) is 23.8 Å². The SMILES string of the molecule is CCOc1cc([C@H]2Nc3ccccc3NC3=C2C(=O)C[C@@H](c2cc(OC)c(OC)c(OC)c2)C3)cc([N+](=O)[O-])c1O. The maximum absolute atomic E-state index is 14.0. The zero-order valence-corrected chi connectivity index (χ0v) is 23.1. The van der Waals surface area contributed by atoms with E-state index in [1.165, 1.54) is 13.2 Å². The van der Waals surface area contributed by atoms with Crippen LogP contribution in [0.25, 0.3) is 0 Å². The normalized spacial score (nSPS) is 17.8. The molecule has 3 N–H and O–H groups in total. The van der Waals surface area contributed by atoms with Crippen LogP contribution in [0, 0.1) is 10.1 Å². The maximum atomic E-state index is 14.0. The van der Waals surface area contributed by atoms with E-state index in [-0.39, 0.29) is 30.5 Å². The van der Waals surface area contributed by atoms with E-state index in [0.717, 1.165) is 16.9 Å². The number of fused-ring (bicyclic) bond motifs is 1. The van der Waals surface area contributed by atoms with Gasteiger partial charge in [-0.15, -0.1) is 0 Å². The molecule has 0 unspecified atom stereocenters. The van der Waals surface area contributed by atoms with Crippen molar-refractivity contribution in [2.45, 2.75) is 31.7 Å². The number of phenolic OH excluding ortho intramolecular Hbond substituents is 1. The fraction of sp³-hybridized carbons (Fsp3) is 0.300. The van der Waals surface area contributed by atoms with Crippen LogP contribution in [0.5, 0.6) is 28.7 Å². The van der Waals surface area contributed by atoms with Gasteiger partial charge in [-0.25, -0.2) is 0 Å². The number of para-hydroxylation sites is 2. The van der Waals surface area contributed by atoms with Crippen LogP contribution in [-0.2, 0) is 4.79 Å². The van der Waals surface area contributed by atoms with Crippen LogP contribution >= 0.6 is 0 Å². The van der Waals surface area contributed by atoms with E-state index >= 15 is 0 Å². The second-order valence-electron chi connectivity index (χ2n) is 9.70. The summed E-state index contributed by atoms with van der Waals surface area (Å²) < 4.78 is 22.1. The number of hydrogen-bond acceptors (Lipinski definition) is 10. The molecule has 3 aromatic carbocycles. The van der Waals surface area contributed by atoms with Gasteiger partial charge in [-0.05, 0) is 60.7 Å². The number of ketones is 1. The molecule has 3 aromatic rings. The van der Waals surface area contributed by atoms with Gasteiger partial charge in [0.15, 0.2) is 23.0 Å². The number of nitro benzene ring substituents is 1. The highest BCUT2D eigenvalue weighted by Gasteiger charge is 2.38. The summed E-state index contributed by atoms with van der Waals surface area (Å²) >= 11 is 0. The van der Waals surface area contributed by atoms with Gasteiger partial charge in [0.25, 0.3) is 0 Å². The number of Topliss-reactive ketones (excluding diaryl/α,β-unsaturated/α-hetero) is 1. The van der Waals surface area contributed by atoms with Crippen molar-refractivity contribution in [3.05, 3.63) is 81.0 Å². The first-order valence-corrected chi connectivity index (χ1v) is 13.1. The zero-order chi connectivity index (χ0) is 29.3. The van der Waals surface area contributed by atoms with Gasteiger partial charge in [-0.3, -0.25) is 14.9 Å². The molecule has 0 saturated carbocycles. The van der Waals surface area contributed by atoms with E-state index in [9.17, 15) is 20.0 Å². The summed E-state index contributed by atoms with van der Waals surface area (Å²) in [6, 6.07) is 13.3. The van der Waals surface area contributed by atoms with E-state index < -0.39 is 22.4 Å². The molecule has 0 bridgehead atoms. The van der Waals surface area contributed by atoms with Crippen molar-refractivity contribution in [2.24, 2.45) is 0 Å². The van der Waals surface area contributed by atoms with Gasteiger partial charge in [-0.2, -0.15) is 0 Å². The molecule has 2 aliphatic rings. The standard InChI is InChI=1S/C30H31N3O8/c1-5-41-24-15-18(11-22(29(24)35)33(36)37)28-27-21(31-19-8-6-7-9-20(19)32-28)10-16(12-23(27)34)17-13-25(38-2)30(40-4)26(14-17)39-3/h6-9,11,13-16,28,31-32,35H,5,10,12H2,1-4H3/t16-,28+/m0/s1. The van der Waals surface area contributed by atoms with Crippen LogP contribution < -0.4 is 29.6 Å². The highest BCUT2D eigenvalue weighted by atomic mass is 16.6. The quantitative estimate of drug-likeness (QED) is 0.231. The number of aromatic hydroxyl groups is 1. The third-order valence-corrected chi connectivity index (χ3v) is 7.37. The number of anilines is 2. The number of nitrogens with zero attached hydrogens (tertiary/aromatic N) is 1. The van der Waals surface area contributed by atoms with E-state index in [4.69, 9.17) is 18.9 Å². The van der Waals surface area contributed by atoms with Crippen LogP contribution in [0.2, 0.25) is 0 Å². The molecule has 0 saturated heterocycles. The van der Waals surface area contributed by atoms with Crippen LogP contribution in [0.1, 0.15) is 42.9 Å². The first-order chi connectivity index (χ1) is 19.8. The number of phenols is 1. The van der Waals surface area contributed by atoms with Crippen molar-refractivity contribution in [1.82, 2.24) is 0 Å². The van der Waals surface area contributed by atoms with Crippen molar-refractivity contribution in [2.75, 3.05) is 38.6 Å². The Hall–Kier alpha value is -4.93. The topological polar surface area (TPSA) is 141 Å². The highest BCUT2D eigenvalue weighted by molar-refractivity contribution is 6.01. The summed E-state index contributed by atoms with van der Waals surface area (Å²) in [5.41, 5.74) is 3.41. The molecule has 0 fully saturated rings. The second-order valence-corrected chi connectivity index (χ2v) is 9.70. The Kier molecular flexibility index (Phi) is 7.60. The zero-order valence-electron chi connectivity index (χ0n) is 23.1. The smallest absolute Gasteiger partial charge is 0.315 e. The molecular weight excluding hydrogens is 530 g/mol. The lowest BCUT2D eigenvalue weighted by Crippen LogP contribution is -2.27. The third kappa shape index (κ3) is 5.06. The molecular formula is C30H31N3O8. The van der Waals surface area contributed by atoms with Crippen molar-refractivity contribution in [1.29, 1.82) is 0 Å². The van der Waals surface area contributed by atoms with Crippen molar-refractivity contribution >= 4 is 22.8 Å². The van der Waals surface area contributed by atoms with E-state index in [1.807, 2.05) is 36.4 Å². The molecule has 2 atom stereocenters. The number of nitrogens with one attached hydrogen (secondary N) is 2. The van der Waals surface area contributed by atoms with Crippen LogP contribution in [0.4, 0.5) is 17.1 Å². The number of ether oxygens (including phenoxy) is 4. The first-order valence-electron chi connectivity index (χ1n) is 13.1. The molecule has 5 rings (SSSR count). The molecule has 0 spiro atoms. The largest absolute Gasteiger partial charge is 0.500 e. The summed E-state index contributed by atoms with van der Waals surface area (Å²) in [4.78, 5) is 25.2. The van der Waals surface area contributed by atoms with Crippen LogP contribution in [0.15, 0.2) is 59.8 Å². The Labute approximate surface area is 236 Å². The molecule has 0 aromatic heterocycles. The Morgan fingerprint density at radius 1 is 0.951 bits per heavy atom. The van der Waals surface area contributed by atoms with Gasteiger partial charge < -0.3 is 34.7 Å². The lowest BCUT2D eigenvalue weighted by atomic mass is 9.78. The third-order valence-electron chi connectivity index (χ3n) is 7.37. The Morgan fingerprint density at radius 2 is 1.61 bits per heavy atom. The highest BCUT2D eigenvalue weighted by Crippen LogP contribution is 2.48. The summed E-state index contributed by atoms with van der Waals surface area (Å²) in [6.07, 6.45) is 0.664. The minimum Gasteiger partial charge on any atom is -0.500 e. The van der Waals surface area contributed by atoms with Crippen LogP contribution in [0.3, 0.4) is 0 Å². The van der Waals surface area contributed by atoms with Gasteiger partial charge in [0.2, 0.25) is 11.5 Å². The number of methoxy groups -OCH3 is 3. The fourth-order valence-electron chi connectivity index (χ4n) is 5.50. The lowest BCUT2D eigenvalue weighted by Gasteiger charge is -2.30. The van der Waals surface area contributed by atoms with E-state index in [2.05, 4.69) is 10.6 Å². The Balaban J connectivity index is 1.65. The van der Waals surface area contributed by atoms with Gasteiger partial charge in [0.05, 0.1) is 50.3 Å². The summed E-state index contributed by atoms with van der Waals surface area (Å²) in [5, 5.41) is 29.2. The molecule has 41 heavy (non-hydrogen) atoms. The number of carbonyl (C=O) groups is 1. The number of allylic oxidation sites excluding steroid dienone is 1. The molecule has 214 valence electrons. The Bertz CT molecular complexity index is 1530. The van der Waals surface area contributed by atoms with Gasteiger partial charge in [-0.1, -0.05) is 12.1 Å². The van der Waals surface area contributed by atoms with Crippen molar-refractivity contribution < 1.29 is 33.8 Å². The van der Waals surface area contributed by atoms with Gasteiger partial charge in [0.1, 0.15) is 0 Å². The molecule has 11 heteroatoms. The number of rotatable bonds is 8. The fourth-order valence-corrected chi connectivity index (χ4v) is 5.50. The van der Waals surface area contributed by atoms with Crippen LogP contribution in [-0.4, -0.2) is 43.7 Å². The summed E-state index contributed by atoms with van der Waals surface area (Å²) in [7, 11) is 4.62. The molecule has 1 aliphatic carbocycles. The number of carbonyl (C=O) groups excluding carboxylic acids is 1. The first kappa shape index (κ1) is 27.6. The summed E-state index contributed by atoms with van der Waals surface area (Å²) in [5.74, 6) is 0.535. The second kappa shape index (κ2) is 11.3. The Morgan fingerprint density at radius 3 is 2.22 bits per heavy atom. The molecule has 11 nitrogen and oxygen atoms in total. The van der Waals surface area contributed by atoms with E-state index in [0.29, 0.717) is 40.5 Å². The molecule has 1 aliphatic heterocycles. The lowest BCUT2D eigenvalue weighted by molar-refractivity contribution is -0.386. The van der Waals surface area contributed by atoms with Crippen molar-refractivity contribution in [3.63, 3.8) is 0 Å². The predicted octanol–water partition coefficient (Wildman–Crippen LogP) is 5.70. The van der Waals surface area contributed by atoms with E-state index in [1.54, 1.807) is 27.2 Å².